The maximum Gasteiger partial charge on any atom is 0.115 e. The van der Waals surface area contributed by atoms with E-state index in [1.54, 1.807) is 18.3 Å². The lowest BCUT2D eigenvalue weighted by molar-refractivity contribution is 0.475. The fourth-order valence-electron chi connectivity index (χ4n) is 3.49. The summed E-state index contributed by atoms with van der Waals surface area (Å²) in [4.78, 5) is 9.21. The number of benzene rings is 1. The molecule has 2 atom stereocenters. The molecule has 1 saturated carbocycles. The average molecular weight is 290 g/mol. The summed E-state index contributed by atoms with van der Waals surface area (Å²) in [7, 11) is 0. The summed E-state index contributed by atoms with van der Waals surface area (Å²) in [5, 5.41) is 9.44. The Balaban J connectivity index is 1.79. The zero-order chi connectivity index (χ0) is 14.9. The molecule has 1 aliphatic carbocycles. The molecule has 0 amide bonds. The molecule has 0 spiro atoms. The maximum atomic E-state index is 9.44. The molecule has 2 aromatic rings. The molecule has 0 saturated heterocycles. The number of aliphatic imine (C=N–C) groups is 1. The normalized spacial score (nSPS) is 25.3. The number of hydrogen-bond donors (Lipinski definition) is 1. The van der Waals surface area contributed by atoms with E-state index in [0.29, 0.717) is 17.7 Å². The predicted octanol–water partition coefficient (Wildman–Crippen LogP) is 3.84. The van der Waals surface area contributed by atoms with Crippen LogP contribution in [0.25, 0.3) is 6.08 Å². The number of fused-ring (bicyclic) bond motifs is 2. The molecule has 1 fully saturated rings. The van der Waals surface area contributed by atoms with Gasteiger partial charge in [-0.15, -0.1) is 0 Å². The number of hydrogen-bond acceptors (Lipinski definition) is 3. The minimum Gasteiger partial charge on any atom is -0.508 e. The zero-order valence-electron chi connectivity index (χ0n) is 12.3. The highest BCUT2D eigenvalue weighted by molar-refractivity contribution is 6.15. The van der Waals surface area contributed by atoms with Crippen LogP contribution in [0.3, 0.4) is 0 Å². The predicted molar refractivity (Wildman–Crippen MR) is 88.0 cm³/mol. The molecule has 0 unspecified atom stereocenters. The topological polar surface area (TPSA) is 45.5 Å². The molecule has 1 aliphatic heterocycles. The van der Waals surface area contributed by atoms with E-state index in [-0.39, 0.29) is 0 Å². The number of allylic oxidation sites excluding steroid dienone is 1. The SMILES string of the molecule is Oc1ccc(C=C2C(c3cccnc3)=N[C@H]3CC[C@@H]2C3)cc1. The third-order valence-corrected chi connectivity index (χ3v) is 4.58. The van der Waals surface area contributed by atoms with Crippen LogP contribution < -0.4 is 0 Å². The lowest BCUT2D eigenvalue weighted by Crippen LogP contribution is -2.20. The number of nitrogens with zero attached hydrogens (tertiary/aromatic N) is 2. The Kier molecular flexibility index (Phi) is 3.26. The molecule has 3 nitrogen and oxygen atoms in total. The van der Waals surface area contributed by atoms with Crippen LogP contribution >= 0.6 is 0 Å². The molecule has 2 bridgehead atoms. The summed E-state index contributed by atoms with van der Waals surface area (Å²) in [6.07, 6.45) is 9.47. The summed E-state index contributed by atoms with van der Waals surface area (Å²) in [5.74, 6) is 0.888. The number of phenols is 1. The minimum atomic E-state index is 0.299. The second-order valence-electron chi connectivity index (χ2n) is 6.07. The molecular weight excluding hydrogens is 272 g/mol. The van der Waals surface area contributed by atoms with Gasteiger partial charge in [0.25, 0.3) is 0 Å². The number of aromatic hydroxyl groups is 1. The van der Waals surface area contributed by atoms with Crippen molar-refractivity contribution in [1.82, 2.24) is 4.98 Å². The van der Waals surface area contributed by atoms with Gasteiger partial charge in [0.15, 0.2) is 0 Å². The third-order valence-electron chi connectivity index (χ3n) is 4.58. The Morgan fingerprint density at radius 3 is 2.73 bits per heavy atom. The number of pyridine rings is 1. The third kappa shape index (κ3) is 2.43. The molecule has 2 aliphatic rings. The van der Waals surface area contributed by atoms with Gasteiger partial charge in [-0.05, 0) is 66.7 Å². The van der Waals surface area contributed by atoms with Crippen molar-refractivity contribution in [3.63, 3.8) is 0 Å². The summed E-state index contributed by atoms with van der Waals surface area (Å²) >= 11 is 0. The molecule has 1 N–H and O–H groups in total. The van der Waals surface area contributed by atoms with Crippen LogP contribution in [-0.4, -0.2) is 21.8 Å². The van der Waals surface area contributed by atoms with E-state index in [1.807, 2.05) is 24.4 Å². The summed E-state index contributed by atoms with van der Waals surface area (Å²) in [6.45, 7) is 0. The van der Waals surface area contributed by atoms with Gasteiger partial charge in [-0.1, -0.05) is 12.1 Å². The number of phenolic OH excluding ortho intramolecular Hbond substituents is 1. The van der Waals surface area contributed by atoms with E-state index in [9.17, 15) is 5.11 Å². The zero-order valence-corrected chi connectivity index (χ0v) is 12.3. The lowest BCUT2D eigenvalue weighted by atomic mass is 9.87. The first-order chi connectivity index (χ1) is 10.8. The van der Waals surface area contributed by atoms with E-state index in [4.69, 9.17) is 4.99 Å². The van der Waals surface area contributed by atoms with Gasteiger partial charge >= 0.3 is 0 Å². The minimum absolute atomic E-state index is 0.299. The van der Waals surface area contributed by atoms with Crippen molar-refractivity contribution in [3.05, 3.63) is 65.5 Å². The van der Waals surface area contributed by atoms with Gasteiger partial charge in [0, 0.05) is 18.0 Å². The van der Waals surface area contributed by atoms with Gasteiger partial charge in [-0.2, -0.15) is 0 Å². The van der Waals surface area contributed by atoms with E-state index in [2.05, 4.69) is 17.1 Å². The van der Waals surface area contributed by atoms with Crippen molar-refractivity contribution in [2.24, 2.45) is 10.9 Å². The van der Waals surface area contributed by atoms with Gasteiger partial charge < -0.3 is 5.11 Å². The van der Waals surface area contributed by atoms with Crippen LogP contribution in [0.15, 0.2) is 59.4 Å². The highest BCUT2D eigenvalue weighted by Crippen LogP contribution is 2.40. The Bertz CT molecular complexity index is 732. The Labute approximate surface area is 130 Å². The van der Waals surface area contributed by atoms with Crippen LogP contribution in [-0.2, 0) is 0 Å². The Morgan fingerprint density at radius 2 is 1.95 bits per heavy atom. The van der Waals surface area contributed by atoms with Gasteiger partial charge in [0.1, 0.15) is 5.75 Å². The Hall–Kier alpha value is -2.42. The van der Waals surface area contributed by atoms with Crippen molar-refractivity contribution in [2.75, 3.05) is 0 Å². The second kappa shape index (κ2) is 5.41. The standard InChI is InChI=1S/C19H18N2O/c22-17-7-3-13(4-8-17)10-18-14-5-6-16(11-14)21-19(18)15-2-1-9-20-12-15/h1-4,7-10,12,14,16,22H,5-6,11H2/t14-,16+/m1/s1. The molecule has 4 rings (SSSR count). The summed E-state index contributed by atoms with van der Waals surface area (Å²) in [5.41, 5.74) is 4.62. The van der Waals surface area contributed by atoms with Gasteiger partial charge in [0.05, 0.1) is 11.8 Å². The summed E-state index contributed by atoms with van der Waals surface area (Å²) in [6, 6.07) is 11.9. The fourth-order valence-corrected chi connectivity index (χ4v) is 3.49. The van der Waals surface area contributed by atoms with Crippen LogP contribution in [0, 0.1) is 5.92 Å². The Morgan fingerprint density at radius 1 is 1.09 bits per heavy atom. The van der Waals surface area contributed by atoms with E-state index in [1.165, 1.54) is 18.4 Å². The number of rotatable bonds is 2. The maximum absolute atomic E-state index is 9.44. The van der Waals surface area contributed by atoms with E-state index >= 15 is 0 Å². The first kappa shape index (κ1) is 13.3. The van der Waals surface area contributed by atoms with E-state index < -0.39 is 0 Å². The molecule has 1 aromatic heterocycles. The smallest absolute Gasteiger partial charge is 0.115 e. The van der Waals surface area contributed by atoms with Gasteiger partial charge in [0.2, 0.25) is 0 Å². The molecule has 3 heteroatoms. The number of aromatic nitrogens is 1. The largest absolute Gasteiger partial charge is 0.508 e. The van der Waals surface area contributed by atoms with Gasteiger partial charge in [-0.25, -0.2) is 0 Å². The monoisotopic (exact) mass is 290 g/mol. The highest BCUT2D eigenvalue weighted by atomic mass is 16.3. The molecule has 110 valence electrons. The summed E-state index contributed by atoms with van der Waals surface area (Å²) < 4.78 is 0. The lowest BCUT2D eigenvalue weighted by Gasteiger charge is -2.23. The van der Waals surface area contributed by atoms with Crippen LogP contribution in [0.2, 0.25) is 0 Å². The fraction of sp³-hybridized carbons (Fsp3) is 0.263. The van der Waals surface area contributed by atoms with Crippen molar-refractivity contribution in [2.45, 2.75) is 25.3 Å². The average Bonchev–Trinajstić information content (AvgIpc) is 2.95. The molecule has 22 heavy (non-hydrogen) atoms. The van der Waals surface area contributed by atoms with Crippen LogP contribution in [0.5, 0.6) is 5.75 Å². The molecule has 1 aromatic carbocycles. The van der Waals surface area contributed by atoms with Crippen molar-refractivity contribution < 1.29 is 5.11 Å². The second-order valence-corrected chi connectivity index (χ2v) is 6.07. The molecule has 2 heterocycles. The van der Waals surface area contributed by atoms with Crippen molar-refractivity contribution in [3.8, 4) is 5.75 Å². The quantitative estimate of drug-likeness (QED) is 0.913. The van der Waals surface area contributed by atoms with Crippen LogP contribution in [0.1, 0.15) is 30.4 Å². The molecule has 0 radical (unpaired) electrons. The van der Waals surface area contributed by atoms with Crippen molar-refractivity contribution in [1.29, 1.82) is 0 Å². The van der Waals surface area contributed by atoms with Crippen LogP contribution in [0.4, 0.5) is 0 Å². The highest BCUT2D eigenvalue weighted by Gasteiger charge is 2.34. The van der Waals surface area contributed by atoms with E-state index in [0.717, 1.165) is 23.3 Å². The van der Waals surface area contributed by atoms with Gasteiger partial charge in [-0.3, -0.25) is 9.98 Å². The first-order valence-electron chi connectivity index (χ1n) is 7.79. The molecular formula is C19H18N2O. The first-order valence-corrected chi connectivity index (χ1v) is 7.79. The van der Waals surface area contributed by atoms with Crippen molar-refractivity contribution >= 4 is 11.8 Å².